The number of carbonyl (C=O) groups is 5. The Morgan fingerprint density at radius 1 is 0.945 bits per heavy atom. The lowest BCUT2D eigenvalue weighted by Crippen LogP contribution is -2.72. The summed E-state index contributed by atoms with van der Waals surface area (Å²) in [6.07, 6.45) is -1.22. The summed E-state index contributed by atoms with van der Waals surface area (Å²) in [4.78, 5) is 66.5. The molecule has 2 bridgehead atoms. The van der Waals surface area contributed by atoms with Crippen molar-refractivity contribution in [2.24, 2.45) is 0 Å². The fraction of sp³-hybridized carbons (Fsp3) is 0.585. The van der Waals surface area contributed by atoms with E-state index in [-0.39, 0.29) is 24.5 Å². The number of amides is 2. The highest BCUT2D eigenvalue weighted by Crippen LogP contribution is 2.56. The highest BCUT2D eigenvalue weighted by molar-refractivity contribution is 5.89. The third-order valence-electron chi connectivity index (χ3n) is 10.7. The average molecular weight is 766 g/mol. The number of aliphatic hydroxyl groups is 1. The van der Waals surface area contributed by atoms with Crippen LogP contribution in [-0.2, 0) is 66.3 Å². The van der Waals surface area contributed by atoms with Crippen LogP contribution in [0.4, 0.5) is 0 Å². The Bertz CT molecular complexity index is 1760. The van der Waals surface area contributed by atoms with E-state index in [4.69, 9.17) is 23.7 Å². The minimum Gasteiger partial charge on any atom is -0.455 e. The molecule has 3 heterocycles. The molecule has 14 nitrogen and oxygen atoms in total. The Balaban J connectivity index is 1.31. The summed E-state index contributed by atoms with van der Waals surface area (Å²) < 4.78 is 30.3. The van der Waals surface area contributed by atoms with Crippen molar-refractivity contribution in [2.75, 3.05) is 40.3 Å². The molecule has 3 aliphatic heterocycles. The van der Waals surface area contributed by atoms with Gasteiger partial charge in [0.25, 0.3) is 0 Å². The van der Waals surface area contributed by atoms with Crippen LogP contribution in [0, 0.1) is 6.92 Å². The largest absolute Gasteiger partial charge is 0.455 e. The SMILES string of the molecule is CC(=O)O[C@@H]1[C@@H](OC(C)=O)[C@@]2(c3ccc(C)c(Cc4ccc(CCCC(=O)N5CC[C@H]5C(=O)NCCN(C)C)cc4)c3)OC[C@](C(C)(C)O)(O2)[C@H]1OC(C)=O. The minimum atomic E-state index is -1.84. The quantitative estimate of drug-likeness (QED) is 0.201. The average Bonchev–Trinajstić information content (AvgIpc) is 3.45. The van der Waals surface area contributed by atoms with Gasteiger partial charge >= 0.3 is 17.9 Å². The van der Waals surface area contributed by atoms with Crippen molar-refractivity contribution in [1.82, 2.24) is 15.1 Å². The summed E-state index contributed by atoms with van der Waals surface area (Å²) in [7, 11) is 3.89. The molecule has 0 aromatic heterocycles. The fourth-order valence-electron chi connectivity index (χ4n) is 7.59. The third kappa shape index (κ3) is 9.04. The predicted octanol–water partition coefficient (Wildman–Crippen LogP) is 2.71. The van der Waals surface area contributed by atoms with Crippen LogP contribution >= 0.6 is 0 Å². The van der Waals surface area contributed by atoms with Crippen molar-refractivity contribution in [1.29, 1.82) is 0 Å². The van der Waals surface area contributed by atoms with Gasteiger partial charge in [-0.2, -0.15) is 0 Å². The van der Waals surface area contributed by atoms with E-state index in [1.54, 1.807) is 11.0 Å². The number of nitrogens with zero attached hydrogens (tertiary/aromatic N) is 2. The highest BCUT2D eigenvalue weighted by Gasteiger charge is 2.75. The fourth-order valence-corrected chi connectivity index (χ4v) is 7.59. The smallest absolute Gasteiger partial charge is 0.303 e. The Kier molecular flexibility index (Phi) is 12.7. The second-order valence-corrected chi connectivity index (χ2v) is 15.6. The number of ether oxygens (including phenoxy) is 5. The van der Waals surface area contributed by atoms with Crippen LogP contribution < -0.4 is 5.32 Å². The molecule has 3 aliphatic rings. The van der Waals surface area contributed by atoms with E-state index in [1.807, 2.05) is 62.3 Å². The zero-order valence-corrected chi connectivity index (χ0v) is 33.1. The van der Waals surface area contributed by atoms with Crippen LogP contribution in [0.1, 0.15) is 81.7 Å². The number of carbonyl (C=O) groups excluding carboxylic acids is 5. The second kappa shape index (κ2) is 16.8. The molecular weight excluding hydrogens is 710 g/mol. The lowest BCUT2D eigenvalue weighted by molar-refractivity contribution is -0.350. The number of hydrogen-bond acceptors (Lipinski definition) is 12. The van der Waals surface area contributed by atoms with Gasteiger partial charge in [0.1, 0.15) is 6.04 Å². The lowest BCUT2D eigenvalue weighted by Gasteiger charge is -2.52. The molecular formula is C41H55N3O11. The second-order valence-electron chi connectivity index (χ2n) is 15.6. The molecule has 0 unspecified atom stereocenters. The Morgan fingerprint density at radius 2 is 1.58 bits per heavy atom. The van der Waals surface area contributed by atoms with Crippen molar-refractivity contribution in [3.63, 3.8) is 0 Å². The molecule has 0 radical (unpaired) electrons. The molecule has 2 N–H and O–H groups in total. The topological polar surface area (TPSA) is 170 Å². The van der Waals surface area contributed by atoms with Crippen LogP contribution in [-0.4, -0.2) is 121 Å². The zero-order chi connectivity index (χ0) is 40.3. The van der Waals surface area contributed by atoms with Crippen molar-refractivity contribution in [3.05, 3.63) is 70.3 Å². The lowest BCUT2D eigenvalue weighted by atomic mass is 9.74. The van der Waals surface area contributed by atoms with Gasteiger partial charge in [0.05, 0.1) is 12.2 Å². The molecule has 0 spiro atoms. The first-order chi connectivity index (χ1) is 25.9. The number of hydrogen-bond donors (Lipinski definition) is 2. The number of nitrogens with one attached hydrogen (secondary N) is 1. The number of likely N-dealkylation sites (tertiary alicyclic amines) is 1. The molecule has 0 saturated carbocycles. The summed E-state index contributed by atoms with van der Waals surface area (Å²) in [6.45, 7) is 10.1. The minimum absolute atomic E-state index is 0.00421. The van der Waals surface area contributed by atoms with E-state index in [1.165, 1.54) is 34.6 Å². The van der Waals surface area contributed by atoms with Crippen molar-refractivity contribution in [3.8, 4) is 0 Å². The van der Waals surface area contributed by atoms with Gasteiger partial charge in [0.15, 0.2) is 17.8 Å². The van der Waals surface area contributed by atoms with Gasteiger partial charge in [0.2, 0.25) is 23.7 Å². The van der Waals surface area contributed by atoms with E-state index in [0.29, 0.717) is 50.8 Å². The van der Waals surface area contributed by atoms with Crippen LogP contribution in [0.25, 0.3) is 0 Å². The first kappa shape index (κ1) is 41.8. The van der Waals surface area contributed by atoms with E-state index >= 15 is 0 Å². The summed E-state index contributed by atoms with van der Waals surface area (Å²) in [5.41, 5.74) is 1.06. The Morgan fingerprint density at radius 3 is 2.16 bits per heavy atom. The van der Waals surface area contributed by atoms with Crippen molar-refractivity contribution < 1.29 is 52.8 Å². The first-order valence-electron chi connectivity index (χ1n) is 18.8. The third-order valence-corrected chi connectivity index (χ3v) is 10.7. The van der Waals surface area contributed by atoms with E-state index in [2.05, 4.69) is 5.32 Å². The maximum atomic E-state index is 12.9. The molecule has 300 valence electrons. The maximum Gasteiger partial charge on any atom is 0.303 e. The predicted molar refractivity (Wildman–Crippen MR) is 199 cm³/mol. The maximum absolute atomic E-state index is 12.9. The van der Waals surface area contributed by atoms with Crippen LogP contribution in [0.2, 0.25) is 0 Å². The van der Waals surface area contributed by atoms with Gasteiger partial charge < -0.3 is 43.9 Å². The molecule has 2 aromatic carbocycles. The van der Waals surface area contributed by atoms with Gasteiger partial charge in [-0.15, -0.1) is 0 Å². The molecule has 55 heavy (non-hydrogen) atoms. The van der Waals surface area contributed by atoms with Gasteiger partial charge in [0, 0.05) is 52.4 Å². The molecule has 0 aliphatic carbocycles. The monoisotopic (exact) mass is 765 g/mol. The number of likely N-dealkylation sites (N-methyl/N-ethyl adjacent to an activating group) is 1. The Hall–Kier alpha value is -4.37. The number of fused-ring (bicyclic) bond motifs is 2. The molecule has 3 saturated heterocycles. The summed E-state index contributed by atoms with van der Waals surface area (Å²) in [5, 5.41) is 14.4. The van der Waals surface area contributed by atoms with Crippen LogP contribution in [0.3, 0.4) is 0 Å². The van der Waals surface area contributed by atoms with Gasteiger partial charge in [-0.05, 0) is 88.9 Å². The molecule has 2 aromatic rings. The number of esters is 3. The van der Waals surface area contributed by atoms with Gasteiger partial charge in [-0.1, -0.05) is 36.4 Å². The standard InChI is InChI=1S/C41H55N3O11/c1-25-12-17-32(41-37(54-28(4)47)35(52-26(2)45)36(53-27(3)46)40(55-41,24-51-41)39(5,6)50)23-31(25)22-30-15-13-29(14-16-30)10-9-11-34(48)44-20-18-33(44)38(49)42-19-21-43(7)8/h12-17,23,33,35-37,50H,9-11,18-22,24H2,1-8H3,(H,42,49)/t33-,35-,36-,37+,40-,41-/m0/s1. The zero-order valence-electron chi connectivity index (χ0n) is 33.1. The van der Waals surface area contributed by atoms with Crippen LogP contribution in [0.5, 0.6) is 0 Å². The van der Waals surface area contributed by atoms with E-state index < -0.39 is 53.2 Å². The van der Waals surface area contributed by atoms with Gasteiger partial charge in [-0.25, -0.2) is 0 Å². The molecule has 6 atom stereocenters. The number of rotatable bonds is 15. The van der Waals surface area contributed by atoms with E-state index in [9.17, 15) is 29.1 Å². The molecule has 3 fully saturated rings. The van der Waals surface area contributed by atoms with Crippen molar-refractivity contribution >= 4 is 29.7 Å². The molecule has 2 amide bonds. The molecule has 5 rings (SSSR count). The number of benzene rings is 2. The normalized spacial score (nSPS) is 25.9. The first-order valence-corrected chi connectivity index (χ1v) is 18.8. The molecule has 14 heteroatoms. The van der Waals surface area contributed by atoms with Gasteiger partial charge in [-0.3, -0.25) is 24.0 Å². The Labute approximate surface area is 322 Å². The van der Waals surface area contributed by atoms with E-state index in [0.717, 1.165) is 28.8 Å². The summed E-state index contributed by atoms with van der Waals surface area (Å²) in [6, 6.07) is 13.3. The van der Waals surface area contributed by atoms with Crippen LogP contribution in [0.15, 0.2) is 42.5 Å². The summed E-state index contributed by atoms with van der Waals surface area (Å²) >= 11 is 0. The van der Waals surface area contributed by atoms with Crippen molar-refractivity contribution in [2.45, 2.75) is 115 Å². The highest BCUT2D eigenvalue weighted by atomic mass is 16.8. The number of aryl methyl sites for hydroxylation is 2. The summed E-state index contributed by atoms with van der Waals surface area (Å²) in [5.74, 6) is -4.08.